The number of aromatic nitrogens is 3. The first-order valence-electron chi connectivity index (χ1n) is 6.75. The molecule has 0 atom stereocenters. The van der Waals surface area contributed by atoms with E-state index in [-0.39, 0.29) is 10.6 Å². The van der Waals surface area contributed by atoms with Crippen molar-refractivity contribution in [3.63, 3.8) is 0 Å². The van der Waals surface area contributed by atoms with E-state index in [2.05, 4.69) is 10.1 Å². The highest BCUT2D eigenvalue weighted by Gasteiger charge is 2.13. The number of hydrogen-bond donors (Lipinski definition) is 0. The highest BCUT2D eigenvalue weighted by atomic mass is 32.2. The molecule has 23 heavy (non-hydrogen) atoms. The van der Waals surface area contributed by atoms with Crippen LogP contribution in [0.15, 0.2) is 59.8 Å². The molecular formula is C16H13N3O3S. The predicted octanol–water partition coefficient (Wildman–Crippen LogP) is 2.15. The third kappa shape index (κ3) is 3.04. The van der Waals surface area contributed by atoms with Crippen molar-refractivity contribution >= 4 is 16.1 Å². The quantitative estimate of drug-likeness (QED) is 0.686. The first-order chi connectivity index (χ1) is 11.0. The smallest absolute Gasteiger partial charge is 0.175 e. The maximum Gasteiger partial charge on any atom is 0.175 e. The topological polar surface area (TPSA) is 81.9 Å². The second-order valence-electron chi connectivity index (χ2n) is 4.99. The zero-order valence-electron chi connectivity index (χ0n) is 12.2. The molecule has 0 aliphatic rings. The third-order valence-corrected chi connectivity index (χ3v) is 4.44. The van der Waals surface area contributed by atoms with Gasteiger partial charge in [-0.1, -0.05) is 0 Å². The van der Waals surface area contributed by atoms with Gasteiger partial charge < -0.3 is 0 Å². The lowest BCUT2D eigenvalue weighted by molar-refractivity contribution is 0.111. The van der Waals surface area contributed by atoms with Crippen molar-refractivity contribution in [1.29, 1.82) is 0 Å². The fourth-order valence-corrected chi connectivity index (χ4v) is 2.84. The van der Waals surface area contributed by atoms with Crippen LogP contribution in [0.25, 0.3) is 16.9 Å². The van der Waals surface area contributed by atoms with E-state index in [9.17, 15) is 13.2 Å². The number of benzene rings is 1. The van der Waals surface area contributed by atoms with Crippen molar-refractivity contribution in [1.82, 2.24) is 14.8 Å². The first-order valence-corrected chi connectivity index (χ1v) is 8.64. The monoisotopic (exact) mass is 327 g/mol. The molecule has 0 amide bonds. The number of sulfone groups is 1. The van der Waals surface area contributed by atoms with Gasteiger partial charge in [0.1, 0.15) is 5.69 Å². The van der Waals surface area contributed by atoms with Crippen LogP contribution < -0.4 is 0 Å². The molecule has 0 aliphatic heterocycles. The van der Waals surface area contributed by atoms with E-state index in [1.165, 1.54) is 12.1 Å². The summed E-state index contributed by atoms with van der Waals surface area (Å²) in [6.07, 6.45) is 5.15. The summed E-state index contributed by atoms with van der Waals surface area (Å²) in [5, 5.41) is 4.24. The lowest BCUT2D eigenvalue weighted by Gasteiger charge is -2.08. The Balaban J connectivity index is 2.13. The molecule has 6 nitrogen and oxygen atoms in total. The summed E-state index contributed by atoms with van der Waals surface area (Å²) in [5.41, 5.74) is 2.45. The molecule has 0 saturated heterocycles. The summed E-state index contributed by atoms with van der Waals surface area (Å²) in [6.45, 7) is 0. The number of aldehydes is 1. The normalized spacial score (nSPS) is 11.3. The van der Waals surface area contributed by atoms with E-state index in [1.54, 1.807) is 41.3 Å². The van der Waals surface area contributed by atoms with E-state index < -0.39 is 9.84 Å². The molecule has 0 aliphatic carbocycles. The Bertz CT molecular complexity index is 946. The molecule has 0 fully saturated rings. The number of carbonyl (C=O) groups excluding carboxylic acids is 1. The molecule has 0 N–H and O–H groups in total. The average Bonchev–Trinajstić information content (AvgIpc) is 2.99. The minimum Gasteiger partial charge on any atom is -0.296 e. The number of nitrogens with zero attached hydrogens (tertiary/aromatic N) is 3. The minimum atomic E-state index is -3.26. The number of pyridine rings is 1. The van der Waals surface area contributed by atoms with Gasteiger partial charge in [-0.15, -0.1) is 0 Å². The van der Waals surface area contributed by atoms with Crippen molar-refractivity contribution in [3.8, 4) is 16.9 Å². The Labute approximate surface area is 133 Å². The third-order valence-electron chi connectivity index (χ3n) is 3.32. The van der Waals surface area contributed by atoms with Gasteiger partial charge in [-0.05, 0) is 42.5 Å². The van der Waals surface area contributed by atoms with Gasteiger partial charge in [0.25, 0.3) is 0 Å². The molecule has 0 unspecified atom stereocenters. The fourth-order valence-electron chi connectivity index (χ4n) is 2.21. The molecule has 3 aromatic rings. The van der Waals surface area contributed by atoms with E-state index in [1.807, 2.05) is 6.07 Å². The number of carbonyl (C=O) groups is 1. The first kappa shape index (κ1) is 15.1. The van der Waals surface area contributed by atoms with Crippen LogP contribution in [-0.2, 0) is 9.84 Å². The van der Waals surface area contributed by atoms with Gasteiger partial charge in [-0.2, -0.15) is 5.10 Å². The van der Waals surface area contributed by atoms with E-state index in [0.717, 1.165) is 11.8 Å². The van der Waals surface area contributed by atoms with Crippen molar-refractivity contribution in [2.75, 3.05) is 6.26 Å². The van der Waals surface area contributed by atoms with Gasteiger partial charge in [-0.25, -0.2) is 13.1 Å². The van der Waals surface area contributed by atoms with Gasteiger partial charge >= 0.3 is 0 Å². The van der Waals surface area contributed by atoms with Crippen LogP contribution in [0.4, 0.5) is 0 Å². The summed E-state index contributed by atoms with van der Waals surface area (Å²) < 4.78 is 24.7. The van der Waals surface area contributed by atoms with E-state index in [4.69, 9.17) is 0 Å². The summed E-state index contributed by atoms with van der Waals surface area (Å²) in [5.74, 6) is 0. The van der Waals surface area contributed by atoms with Gasteiger partial charge in [0.15, 0.2) is 16.1 Å². The van der Waals surface area contributed by atoms with E-state index in [0.29, 0.717) is 17.7 Å². The molecular weight excluding hydrogens is 314 g/mol. The lowest BCUT2D eigenvalue weighted by Crippen LogP contribution is -2.02. The van der Waals surface area contributed by atoms with Crippen LogP contribution in [-0.4, -0.2) is 35.7 Å². The summed E-state index contributed by atoms with van der Waals surface area (Å²) >= 11 is 0. The zero-order valence-corrected chi connectivity index (χ0v) is 13.1. The van der Waals surface area contributed by atoms with Crippen LogP contribution in [0.5, 0.6) is 0 Å². The molecule has 0 bridgehead atoms. The van der Waals surface area contributed by atoms with Crippen LogP contribution in [0.3, 0.4) is 0 Å². The lowest BCUT2D eigenvalue weighted by atomic mass is 10.2. The van der Waals surface area contributed by atoms with Crippen LogP contribution in [0, 0.1) is 0 Å². The Kier molecular flexibility index (Phi) is 3.79. The molecule has 7 heteroatoms. The maximum atomic E-state index is 11.5. The van der Waals surface area contributed by atoms with Gasteiger partial charge in [0.05, 0.1) is 16.3 Å². The SMILES string of the molecule is CS(=O)(=O)c1ccc(-n2nc(C=O)cc2-c2cccnc2)cc1. The summed E-state index contributed by atoms with van der Waals surface area (Å²) in [7, 11) is -3.26. The Hall–Kier alpha value is -2.80. The second kappa shape index (κ2) is 5.77. The minimum absolute atomic E-state index is 0.229. The molecule has 2 heterocycles. The zero-order chi connectivity index (χ0) is 16.4. The van der Waals surface area contributed by atoms with Crippen molar-refractivity contribution in [2.24, 2.45) is 0 Å². The van der Waals surface area contributed by atoms with Crippen LogP contribution in [0.2, 0.25) is 0 Å². The van der Waals surface area contributed by atoms with Gasteiger partial charge in [0, 0.05) is 24.2 Å². The Morgan fingerprint density at radius 1 is 1.13 bits per heavy atom. The number of rotatable bonds is 4. The average molecular weight is 327 g/mol. The number of hydrogen-bond acceptors (Lipinski definition) is 5. The van der Waals surface area contributed by atoms with Crippen LogP contribution >= 0.6 is 0 Å². The molecule has 1 aromatic carbocycles. The summed E-state index contributed by atoms with van der Waals surface area (Å²) in [6, 6.07) is 11.6. The molecule has 3 rings (SSSR count). The molecule has 0 spiro atoms. The molecule has 116 valence electrons. The Morgan fingerprint density at radius 3 is 2.43 bits per heavy atom. The summed E-state index contributed by atoms with van der Waals surface area (Å²) in [4.78, 5) is 15.3. The molecule has 0 saturated carbocycles. The van der Waals surface area contributed by atoms with Gasteiger partial charge in [-0.3, -0.25) is 9.78 Å². The fraction of sp³-hybridized carbons (Fsp3) is 0.0625. The molecule has 0 radical (unpaired) electrons. The standard InChI is InChI=1S/C16H13N3O3S/c1-23(21,22)15-6-4-14(5-7-15)19-16(9-13(11-20)18-19)12-3-2-8-17-10-12/h2-11H,1H3. The van der Waals surface area contributed by atoms with Crippen molar-refractivity contribution < 1.29 is 13.2 Å². The largest absolute Gasteiger partial charge is 0.296 e. The van der Waals surface area contributed by atoms with Gasteiger partial charge in [0.2, 0.25) is 0 Å². The maximum absolute atomic E-state index is 11.5. The van der Waals surface area contributed by atoms with Crippen molar-refractivity contribution in [2.45, 2.75) is 4.90 Å². The van der Waals surface area contributed by atoms with Crippen LogP contribution in [0.1, 0.15) is 10.5 Å². The second-order valence-corrected chi connectivity index (χ2v) is 7.01. The van der Waals surface area contributed by atoms with E-state index >= 15 is 0 Å². The van der Waals surface area contributed by atoms with Crippen molar-refractivity contribution in [3.05, 3.63) is 60.6 Å². The molecule has 2 aromatic heterocycles. The highest BCUT2D eigenvalue weighted by Crippen LogP contribution is 2.23. The highest BCUT2D eigenvalue weighted by molar-refractivity contribution is 7.90. The predicted molar refractivity (Wildman–Crippen MR) is 85.3 cm³/mol. The Morgan fingerprint density at radius 2 is 1.87 bits per heavy atom.